The van der Waals surface area contributed by atoms with Crippen LogP contribution in [0.2, 0.25) is 0 Å². The Balaban J connectivity index is 1.38. The van der Waals surface area contributed by atoms with Gasteiger partial charge >= 0.3 is 0 Å². The Morgan fingerprint density at radius 3 is 1.96 bits per heavy atom. The van der Waals surface area contributed by atoms with E-state index < -0.39 is 11.6 Å². The predicted molar refractivity (Wildman–Crippen MR) is 105 cm³/mol. The lowest BCUT2D eigenvalue weighted by Crippen LogP contribution is -2.26. The quantitative estimate of drug-likeness (QED) is 0.436. The summed E-state index contributed by atoms with van der Waals surface area (Å²) >= 11 is 0. The number of rotatable bonds is 7. The van der Waals surface area contributed by atoms with Crippen LogP contribution < -0.4 is 0 Å². The first kappa shape index (κ1) is 19.8. The van der Waals surface area contributed by atoms with Gasteiger partial charge in [-0.25, -0.2) is 8.78 Å². The van der Waals surface area contributed by atoms with Gasteiger partial charge in [-0.2, -0.15) is 0 Å². The van der Waals surface area contributed by atoms with Crippen LogP contribution in [0.1, 0.15) is 89.5 Å². The lowest BCUT2D eigenvalue weighted by atomic mass is 9.68. The summed E-state index contributed by atoms with van der Waals surface area (Å²) in [5.41, 5.74) is 0.958. The Morgan fingerprint density at radius 1 is 0.769 bits per heavy atom. The second-order valence-corrected chi connectivity index (χ2v) is 9.01. The number of unbranched alkanes of at least 4 members (excludes halogenated alkanes) is 2. The van der Waals surface area contributed by atoms with Gasteiger partial charge < -0.3 is 0 Å². The summed E-state index contributed by atoms with van der Waals surface area (Å²) in [6.07, 6.45) is 17.6. The van der Waals surface area contributed by atoms with Gasteiger partial charge in [0.05, 0.1) is 0 Å². The number of benzene rings is 1. The van der Waals surface area contributed by atoms with E-state index in [9.17, 15) is 8.78 Å². The van der Waals surface area contributed by atoms with Crippen molar-refractivity contribution in [2.75, 3.05) is 0 Å². The zero-order chi connectivity index (χ0) is 18.4. The molecule has 0 bridgehead atoms. The summed E-state index contributed by atoms with van der Waals surface area (Å²) in [6.45, 7) is 2.29. The minimum absolute atomic E-state index is 0.654. The highest BCUT2D eigenvalue weighted by Crippen LogP contribution is 2.42. The number of hydrogen-bond donors (Lipinski definition) is 0. The van der Waals surface area contributed by atoms with Gasteiger partial charge in [-0.3, -0.25) is 0 Å². The average molecular weight is 363 g/mol. The van der Waals surface area contributed by atoms with Crippen molar-refractivity contribution in [1.29, 1.82) is 0 Å². The van der Waals surface area contributed by atoms with Crippen LogP contribution in [0.5, 0.6) is 0 Å². The Bertz CT molecular complexity index is 537. The molecule has 0 amide bonds. The molecule has 2 aliphatic rings. The van der Waals surface area contributed by atoms with Gasteiger partial charge in [0, 0.05) is 0 Å². The third kappa shape index (κ3) is 5.54. The van der Waals surface area contributed by atoms with E-state index in [1.807, 2.05) is 0 Å². The van der Waals surface area contributed by atoms with Gasteiger partial charge in [0.1, 0.15) is 0 Å². The molecule has 0 aromatic heterocycles. The van der Waals surface area contributed by atoms with Gasteiger partial charge in [0.15, 0.2) is 11.6 Å². The van der Waals surface area contributed by atoms with E-state index in [4.69, 9.17) is 0 Å². The highest BCUT2D eigenvalue weighted by atomic mass is 19.2. The molecule has 2 saturated carbocycles. The molecule has 0 saturated heterocycles. The third-order valence-corrected chi connectivity index (χ3v) is 7.17. The van der Waals surface area contributed by atoms with Crippen molar-refractivity contribution < 1.29 is 8.78 Å². The summed E-state index contributed by atoms with van der Waals surface area (Å²) in [5, 5.41) is 0. The molecule has 0 unspecified atom stereocenters. The average Bonchev–Trinajstić information content (AvgIpc) is 2.66. The van der Waals surface area contributed by atoms with Crippen molar-refractivity contribution in [1.82, 2.24) is 0 Å². The van der Waals surface area contributed by atoms with E-state index in [0.717, 1.165) is 29.7 Å². The van der Waals surface area contributed by atoms with Crippen molar-refractivity contribution >= 4 is 0 Å². The zero-order valence-corrected chi connectivity index (χ0v) is 16.5. The molecule has 0 nitrogen and oxygen atoms in total. The van der Waals surface area contributed by atoms with Gasteiger partial charge in [-0.05, 0) is 86.3 Å². The monoisotopic (exact) mass is 362 g/mol. The largest absolute Gasteiger partial charge is 0.204 e. The standard InChI is InChI=1S/C24H36F2/c1-2-3-4-5-18-6-11-21(12-7-18)22-13-8-19(9-14-22)16-20-10-15-23(25)24(26)17-20/h10,15,17-19,21-22H,2-9,11-14,16H2,1H3. The van der Waals surface area contributed by atoms with Crippen molar-refractivity contribution in [3.63, 3.8) is 0 Å². The van der Waals surface area contributed by atoms with Gasteiger partial charge in [-0.15, -0.1) is 0 Å². The molecule has 2 fully saturated rings. The topological polar surface area (TPSA) is 0 Å². The van der Waals surface area contributed by atoms with Crippen molar-refractivity contribution in [2.45, 2.75) is 90.4 Å². The van der Waals surface area contributed by atoms with Gasteiger partial charge in [0.25, 0.3) is 0 Å². The lowest BCUT2D eigenvalue weighted by molar-refractivity contribution is 0.142. The molecule has 0 atom stereocenters. The first-order chi connectivity index (χ1) is 12.7. The van der Waals surface area contributed by atoms with Crippen LogP contribution in [0.25, 0.3) is 0 Å². The number of halogens is 2. The first-order valence-electron chi connectivity index (χ1n) is 11.1. The second kappa shape index (κ2) is 9.85. The summed E-state index contributed by atoms with van der Waals surface area (Å²) < 4.78 is 26.5. The van der Waals surface area contributed by atoms with Crippen molar-refractivity contribution in [3.8, 4) is 0 Å². The summed E-state index contributed by atoms with van der Waals surface area (Å²) in [6, 6.07) is 4.42. The van der Waals surface area contributed by atoms with E-state index in [2.05, 4.69) is 6.92 Å². The molecule has 0 radical (unpaired) electrons. The summed E-state index contributed by atoms with van der Waals surface area (Å²) in [7, 11) is 0. The molecule has 0 spiro atoms. The Morgan fingerprint density at radius 2 is 1.38 bits per heavy atom. The maximum Gasteiger partial charge on any atom is 0.159 e. The van der Waals surface area contributed by atoms with E-state index in [1.165, 1.54) is 89.2 Å². The molecule has 0 N–H and O–H groups in total. The fraction of sp³-hybridized carbons (Fsp3) is 0.750. The first-order valence-corrected chi connectivity index (χ1v) is 11.1. The van der Waals surface area contributed by atoms with E-state index >= 15 is 0 Å². The van der Waals surface area contributed by atoms with Gasteiger partial charge in [0.2, 0.25) is 0 Å². The fourth-order valence-corrected chi connectivity index (χ4v) is 5.50. The molecule has 1 aromatic carbocycles. The molecule has 0 aliphatic heterocycles. The minimum Gasteiger partial charge on any atom is -0.204 e. The normalized spacial score (nSPS) is 29.7. The van der Waals surface area contributed by atoms with Crippen molar-refractivity contribution in [3.05, 3.63) is 35.4 Å². The molecule has 0 heterocycles. The molecule has 3 rings (SSSR count). The van der Waals surface area contributed by atoms with Crippen LogP contribution in [-0.2, 0) is 6.42 Å². The highest BCUT2D eigenvalue weighted by molar-refractivity contribution is 5.18. The molecular weight excluding hydrogens is 326 g/mol. The van der Waals surface area contributed by atoms with E-state index in [1.54, 1.807) is 6.07 Å². The Hall–Kier alpha value is -0.920. The SMILES string of the molecule is CCCCCC1CCC(C2CCC(Cc3ccc(F)c(F)c3)CC2)CC1. The van der Waals surface area contributed by atoms with E-state index in [-0.39, 0.29) is 0 Å². The van der Waals surface area contributed by atoms with Gasteiger partial charge in [-0.1, -0.05) is 51.5 Å². The second-order valence-electron chi connectivity index (χ2n) is 9.01. The van der Waals surface area contributed by atoms with E-state index in [0.29, 0.717) is 5.92 Å². The maximum atomic E-state index is 13.4. The molecule has 2 aliphatic carbocycles. The smallest absolute Gasteiger partial charge is 0.159 e. The van der Waals surface area contributed by atoms with Crippen LogP contribution in [-0.4, -0.2) is 0 Å². The molecule has 146 valence electrons. The third-order valence-electron chi connectivity index (χ3n) is 7.17. The molecule has 2 heteroatoms. The van der Waals surface area contributed by atoms with Crippen LogP contribution in [0, 0.1) is 35.3 Å². The van der Waals surface area contributed by atoms with Crippen molar-refractivity contribution in [2.24, 2.45) is 23.7 Å². The minimum atomic E-state index is -0.734. The number of hydrogen-bond acceptors (Lipinski definition) is 0. The lowest BCUT2D eigenvalue weighted by Gasteiger charge is -2.38. The summed E-state index contributed by atoms with van der Waals surface area (Å²) in [5.74, 6) is 2.10. The Kier molecular flexibility index (Phi) is 7.52. The fourth-order valence-electron chi connectivity index (χ4n) is 5.50. The van der Waals surface area contributed by atoms with Crippen LogP contribution in [0.15, 0.2) is 18.2 Å². The van der Waals surface area contributed by atoms with Crippen LogP contribution >= 0.6 is 0 Å². The van der Waals surface area contributed by atoms with Crippen LogP contribution in [0.3, 0.4) is 0 Å². The predicted octanol–water partition coefficient (Wildman–Crippen LogP) is 7.70. The maximum absolute atomic E-state index is 13.4. The summed E-state index contributed by atoms with van der Waals surface area (Å²) in [4.78, 5) is 0. The van der Waals surface area contributed by atoms with Crippen LogP contribution in [0.4, 0.5) is 8.78 Å². The highest BCUT2D eigenvalue weighted by Gasteiger charge is 2.30. The molecule has 1 aromatic rings. The molecule has 26 heavy (non-hydrogen) atoms. The molecular formula is C24H36F2. The Labute approximate surface area is 158 Å². The zero-order valence-electron chi connectivity index (χ0n) is 16.5.